The number of carbonyl (C=O) groups excluding carboxylic acids is 1. The van der Waals surface area contributed by atoms with E-state index < -0.39 is 0 Å². The van der Waals surface area contributed by atoms with Crippen molar-refractivity contribution in [2.75, 3.05) is 13.1 Å². The van der Waals surface area contributed by atoms with E-state index in [9.17, 15) is 4.79 Å². The van der Waals surface area contributed by atoms with Crippen LogP contribution in [0.2, 0.25) is 10.0 Å². The summed E-state index contributed by atoms with van der Waals surface area (Å²) in [6.45, 7) is 1.88. The van der Waals surface area contributed by atoms with Crippen molar-refractivity contribution >= 4 is 29.1 Å². The van der Waals surface area contributed by atoms with E-state index in [2.05, 4.69) is 34.1 Å². The molecule has 5 heteroatoms. The zero-order valence-corrected chi connectivity index (χ0v) is 19.4. The second-order valence-electron chi connectivity index (χ2n) is 9.33. The van der Waals surface area contributed by atoms with Gasteiger partial charge in [0.05, 0.1) is 6.04 Å². The van der Waals surface area contributed by atoms with Crippen LogP contribution in [0.1, 0.15) is 62.1 Å². The maximum Gasteiger partial charge on any atom is 0.225 e. The van der Waals surface area contributed by atoms with Crippen molar-refractivity contribution in [1.82, 2.24) is 9.80 Å². The first-order valence-corrected chi connectivity index (χ1v) is 12.4. The molecule has 0 N–H and O–H groups in total. The van der Waals surface area contributed by atoms with Crippen LogP contribution < -0.4 is 0 Å². The van der Waals surface area contributed by atoms with E-state index in [-0.39, 0.29) is 12.0 Å². The average molecular weight is 457 g/mol. The molecule has 0 radical (unpaired) electrons. The summed E-state index contributed by atoms with van der Waals surface area (Å²) in [7, 11) is 0. The van der Waals surface area contributed by atoms with Gasteiger partial charge >= 0.3 is 0 Å². The Hall–Kier alpha value is -1.55. The molecule has 0 aliphatic carbocycles. The number of amides is 1. The predicted octanol–water partition coefficient (Wildman–Crippen LogP) is 6.34. The number of benzene rings is 2. The molecule has 2 atom stereocenters. The smallest absolute Gasteiger partial charge is 0.225 e. The highest BCUT2D eigenvalue weighted by molar-refractivity contribution is 6.32. The predicted molar refractivity (Wildman–Crippen MR) is 127 cm³/mol. The molecule has 5 rings (SSSR count). The Labute approximate surface area is 195 Å². The minimum Gasteiger partial charge on any atom is -0.342 e. The van der Waals surface area contributed by atoms with Gasteiger partial charge in [-0.25, -0.2) is 0 Å². The van der Waals surface area contributed by atoms with E-state index >= 15 is 0 Å². The molecular formula is C26H30Cl2N2O. The van der Waals surface area contributed by atoms with Crippen molar-refractivity contribution in [3.63, 3.8) is 0 Å². The van der Waals surface area contributed by atoms with Gasteiger partial charge in [-0.1, -0.05) is 59.6 Å². The summed E-state index contributed by atoms with van der Waals surface area (Å²) in [5.74, 6) is 0.549. The Kier molecular flexibility index (Phi) is 6.28. The highest BCUT2D eigenvalue weighted by Gasteiger charge is 2.47. The van der Waals surface area contributed by atoms with Crippen molar-refractivity contribution in [2.24, 2.45) is 5.92 Å². The van der Waals surface area contributed by atoms with Crippen LogP contribution in [0.25, 0.3) is 0 Å². The fraction of sp³-hybridized carbons (Fsp3) is 0.500. The van der Waals surface area contributed by atoms with Crippen molar-refractivity contribution in [3.8, 4) is 0 Å². The first-order valence-electron chi connectivity index (χ1n) is 11.7. The third kappa shape index (κ3) is 4.13. The highest BCUT2D eigenvalue weighted by Crippen LogP contribution is 2.48. The Morgan fingerprint density at radius 1 is 0.806 bits per heavy atom. The number of piperidine rings is 2. The lowest BCUT2D eigenvalue weighted by Crippen LogP contribution is -2.50. The van der Waals surface area contributed by atoms with Crippen LogP contribution in [0.3, 0.4) is 0 Å². The number of fused-ring (bicyclic) bond motifs is 2. The molecule has 0 spiro atoms. The van der Waals surface area contributed by atoms with E-state index in [0.29, 0.717) is 18.0 Å². The second kappa shape index (κ2) is 9.13. The zero-order chi connectivity index (χ0) is 21.4. The molecule has 2 bridgehead atoms. The molecule has 3 heterocycles. The van der Waals surface area contributed by atoms with Gasteiger partial charge in [-0.05, 0) is 68.2 Å². The zero-order valence-electron chi connectivity index (χ0n) is 17.9. The molecule has 3 nitrogen and oxygen atoms in total. The van der Waals surface area contributed by atoms with Gasteiger partial charge in [0.25, 0.3) is 0 Å². The van der Waals surface area contributed by atoms with Crippen molar-refractivity contribution in [1.29, 1.82) is 0 Å². The summed E-state index contributed by atoms with van der Waals surface area (Å²) >= 11 is 13.4. The number of rotatable bonds is 4. The van der Waals surface area contributed by atoms with Crippen LogP contribution in [-0.2, 0) is 4.79 Å². The third-order valence-electron chi connectivity index (χ3n) is 7.50. The van der Waals surface area contributed by atoms with Crippen LogP contribution in [0.4, 0.5) is 0 Å². The van der Waals surface area contributed by atoms with Gasteiger partial charge in [-0.2, -0.15) is 0 Å². The van der Waals surface area contributed by atoms with Crippen molar-refractivity contribution < 1.29 is 4.79 Å². The summed E-state index contributed by atoms with van der Waals surface area (Å²) < 4.78 is 0. The van der Waals surface area contributed by atoms with Crippen LogP contribution in [-0.4, -0.2) is 40.9 Å². The van der Waals surface area contributed by atoms with Crippen LogP contribution in [0.15, 0.2) is 48.5 Å². The monoisotopic (exact) mass is 456 g/mol. The fourth-order valence-corrected chi connectivity index (χ4v) is 6.57. The SMILES string of the molecule is O=C(C1CC2CCC(C1)N2C(c1ccccc1Cl)c1ccccc1Cl)N1CCCCC1. The first kappa shape index (κ1) is 21.3. The average Bonchev–Trinajstić information content (AvgIpc) is 3.04. The van der Waals surface area contributed by atoms with Gasteiger partial charge in [-0.3, -0.25) is 9.69 Å². The molecule has 0 saturated carbocycles. The van der Waals surface area contributed by atoms with Gasteiger partial charge in [-0.15, -0.1) is 0 Å². The summed E-state index contributed by atoms with van der Waals surface area (Å²) in [6.07, 6.45) is 7.72. The maximum atomic E-state index is 13.3. The lowest BCUT2D eigenvalue weighted by molar-refractivity contribution is -0.139. The number of halogens is 2. The number of carbonyl (C=O) groups is 1. The van der Waals surface area contributed by atoms with Gasteiger partial charge in [0.1, 0.15) is 0 Å². The molecule has 1 amide bonds. The van der Waals surface area contributed by atoms with E-state index in [1.165, 1.54) is 6.42 Å². The van der Waals surface area contributed by atoms with E-state index in [0.717, 1.165) is 72.8 Å². The standard InChI is InChI=1S/C26H30Cl2N2O/c27-23-10-4-2-8-21(23)25(22-9-3-5-11-24(22)28)30-19-12-13-20(30)17-18(16-19)26(31)29-14-6-1-7-15-29/h2-5,8-11,18-20,25H,1,6-7,12-17H2. The second-order valence-corrected chi connectivity index (χ2v) is 10.1. The number of nitrogens with zero attached hydrogens (tertiary/aromatic N) is 2. The summed E-state index contributed by atoms with van der Waals surface area (Å²) in [5, 5.41) is 1.55. The van der Waals surface area contributed by atoms with E-state index in [1.54, 1.807) is 0 Å². The molecule has 0 aromatic heterocycles. The Bertz CT molecular complexity index is 883. The number of hydrogen-bond donors (Lipinski definition) is 0. The fourth-order valence-electron chi connectivity index (χ4n) is 6.09. The topological polar surface area (TPSA) is 23.6 Å². The quantitative estimate of drug-likeness (QED) is 0.535. The largest absolute Gasteiger partial charge is 0.342 e. The Morgan fingerprint density at radius 3 is 1.84 bits per heavy atom. The van der Waals surface area contributed by atoms with Crippen molar-refractivity contribution in [2.45, 2.75) is 63.1 Å². The molecule has 2 unspecified atom stereocenters. The number of hydrogen-bond acceptors (Lipinski definition) is 2. The van der Waals surface area contributed by atoms with Crippen LogP contribution in [0.5, 0.6) is 0 Å². The first-order chi connectivity index (χ1) is 15.1. The van der Waals surface area contributed by atoms with Crippen molar-refractivity contribution in [3.05, 3.63) is 69.7 Å². The minimum atomic E-state index is 0.0194. The van der Waals surface area contributed by atoms with Gasteiger partial charge in [0, 0.05) is 41.1 Å². The molecule has 3 saturated heterocycles. The van der Waals surface area contributed by atoms with E-state index in [1.807, 2.05) is 24.3 Å². The maximum absolute atomic E-state index is 13.3. The summed E-state index contributed by atoms with van der Waals surface area (Å²) in [4.78, 5) is 18.0. The Balaban J connectivity index is 1.45. The third-order valence-corrected chi connectivity index (χ3v) is 8.19. The van der Waals surface area contributed by atoms with Gasteiger partial charge in [0.2, 0.25) is 5.91 Å². The summed E-state index contributed by atoms with van der Waals surface area (Å²) in [6, 6.07) is 17.0. The van der Waals surface area contributed by atoms with E-state index in [4.69, 9.17) is 23.2 Å². The molecule has 3 fully saturated rings. The van der Waals surface area contributed by atoms with Crippen LogP contribution in [0, 0.1) is 5.92 Å². The molecule has 31 heavy (non-hydrogen) atoms. The van der Waals surface area contributed by atoms with Crippen LogP contribution >= 0.6 is 23.2 Å². The normalized spacial score (nSPS) is 26.4. The molecular weight excluding hydrogens is 427 g/mol. The summed E-state index contributed by atoms with van der Waals surface area (Å²) in [5.41, 5.74) is 2.21. The molecule has 2 aromatic carbocycles. The van der Waals surface area contributed by atoms with Gasteiger partial charge < -0.3 is 4.90 Å². The lowest BCUT2D eigenvalue weighted by atomic mass is 9.85. The molecule has 164 valence electrons. The number of likely N-dealkylation sites (tertiary alicyclic amines) is 1. The molecule has 3 aliphatic rings. The highest BCUT2D eigenvalue weighted by atomic mass is 35.5. The Morgan fingerprint density at radius 2 is 1.32 bits per heavy atom. The molecule has 3 aliphatic heterocycles. The lowest BCUT2D eigenvalue weighted by Gasteiger charge is -2.45. The minimum absolute atomic E-state index is 0.0194. The molecule has 2 aromatic rings. The van der Waals surface area contributed by atoms with Gasteiger partial charge in [0.15, 0.2) is 0 Å².